The van der Waals surface area contributed by atoms with Gasteiger partial charge in [-0.1, -0.05) is 89.3 Å². The Morgan fingerprint density at radius 2 is 0.800 bits per heavy atom. The highest BCUT2D eigenvalue weighted by atomic mass is 32.2. The second-order valence-electron chi connectivity index (χ2n) is 12.1. The van der Waals surface area contributed by atoms with E-state index in [1.165, 1.54) is 46.8 Å². The van der Waals surface area contributed by atoms with Crippen LogP contribution >= 0.6 is 23.5 Å². The van der Waals surface area contributed by atoms with Crippen molar-refractivity contribution in [2.45, 2.75) is 72.0 Å². The number of ketones is 2. The third-order valence-corrected chi connectivity index (χ3v) is 9.23. The average Bonchev–Trinajstić information content (AvgIpc) is 2.89. The summed E-state index contributed by atoms with van der Waals surface area (Å²) in [7, 11) is 0. The van der Waals surface area contributed by atoms with Crippen molar-refractivity contribution in [3.8, 4) is 11.5 Å². The van der Waals surface area contributed by atoms with Crippen molar-refractivity contribution in [3.63, 3.8) is 0 Å². The van der Waals surface area contributed by atoms with Gasteiger partial charge in [0, 0.05) is 30.7 Å². The molecule has 4 aromatic carbocycles. The quantitative estimate of drug-likeness (QED) is 0.211. The van der Waals surface area contributed by atoms with E-state index in [0.29, 0.717) is 9.79 Å². The molecular formula is C34H32O4S2. The van der Waals surface area contributed by atoms with Crippen molar-refractivity contribution in [3.05, 3.63) is 106 Å². The summed E-state index contributed by atoms with van der Waals surface area (Å²) in [5.41, 5.74) is 2.61. The van der Waals surface area contributed by atoms with E-state index in [-0.39, 0.29) is 44.6 Å². The lowest BCUT2D eigenvalue weighted by molar-refractivity contribution is 0.0969. The van der Waals surface area contributed by atoms with Gasteiger partial charge >= 0.3 is 0 Å². The smallest absolute Gasteiger partial charge is 0.199 e. The first-order chi connectivity index (χ1) is 18.8. The van der Waals surface area contributed by atoms with Gasteiger partial charge in [-0.25, -0.2) is 0 Å². The highest BCUT2D eigenvalue weighted by molar-refractivity contribution is 8.00. The third kappa shape index (κ3) is 5.18. The number of carbonyl (C=O) groups excluding carboxylic acids is 2. The fourth-order valence-electron chi connectivity index (χ4n) is 4.78. The van der Waals surface area contributed by atoms with E-state index >= 15 is 0 Å². The molecule has 0 fully saturated rings. The van der Waals surface area contributed by atoms with Gasteiger partial charge in [0.2, 0.25) is 0 Å². The molecule has 4 nitrogen and oxygen atoms in total. The number of carbonyl (C=O) groups is 2. The van der Waals surface area contributed by atoms with Crippen molar-refractivity contribution >= 4 is 35.1 Å². The summed E-state index contributed by atoms with van der Waals surface area (Å²) in [5, 5.41) is 21.2. The first-order valence-corrected chi connectivity index (χ1v) is 14.8. The lowest BCUT2D eigenvalue weighted by Crippen LogP contribution is -2.23. The predicted molar refractivity (Wildman–Crippen MR) is 162 cm³/mol. The Labute approximate surface area is 243 Å². The summed E-state index contributed by atoms with van der Waals surface area (Å²) < 4.78 is 0. The van der Waals surface area contributed by atoms with E-state index in [9.17, 15) is 19.8 Å². The Balaban J connectivity index is 1.62. The molecular weight excluding hydrogens is 537 g/mol. The van der Waals surface area contributed by atoms with Crippen LogP contribution in [0.15, 0.2) is 92.4 Å². The fraction of sp³-hybridized carbons (Fsp3) is 0.235. The molecule has 0 amide bonds. The molecule has 0 bridgehead atoms. The average molecular weight is 569 g/mol. The van der Waals surface area contributed by atoms with Crippen LogP contribution in [-0.2, 0) is 10.8 Å². The molecule has 4 aromatic rings. The lowest BCUT2D eigenvalue weighted by Gasteiger charge is -2.24. The molecule has 5 rings (SSSR count). The molecule has 1 aliphatic rings. The Bertz CT molecular complexity index is 1510. The van der Waals surface area contributed by atoms with Crippen LogP contribution in [0.5, 0.6) is 11.5 Å². The molecule has 0 atom stereocenters. The zero-order valence-corrected chi connectivity index (χ0v) is 25.1. The molecule has 0 radical (unpaired) electrons. The van der Waals surface area contributed by atoms with Crippen LogP contribution in [0.1, 0.15) is 84.5 Å². The molecule has 0 saturated heterocycles. The van der Waals surface area contributed by atoms with Gasteiger partial charge < -0.3 is 10.2 Å². The van der Waals surface area contributed by atoms with Crippen LogP contribution in [0.2, 0.25) is 0 Å². The zero-order valence-electron chi connectivity index (χ0n) is 23.5. The monoisotopic (exact) mass is 568 g/mol. The van der Waals surface area contributed by atoms with Crippen LogP contribution in [0.3, 0.4) is 0 Å². The molecule has 0 aromatic heterocycles. The summed E-state index contributed by atoms with van der Waals surface area (Å²) in [6, 6.07) is 22.6. The summed E-state index contributed by atoms with van der Waals surface area (Å²) in [4.78, 5) is 31.0. The molecule has 0 heterocycles. The Hall–Kier alpha value is -3.48. The number of rotatable bonds is 4. The molecule has 6 heteroatoms. The van der Waals surface area contributed by atoms with E-state index in [2.05, 4.69) is 65.8 Å². The van der Waals surface area contributed by atoms with Crippen LogP contribution in [-0.4, -0.2) is 21.8 Å². The number of fused-ring (bicyclic) bond motifs is 2. The van der Waals surface area contributed by atoms with Crippen LogP contribution < -0.4 is 0 Å². The molecule has 0 saturated carbocycles. The number of aromatic hydroxyl groups is 2. The van der Waals surface area contributed by atoms with Gasteiger partial charge in [0.15, 0.2) is 11.6 Å². The second kappa shape index (κ2) is 10.2. The zero-order chi connectivity index (χ0) is 29.0. The topological polar surface area (TPSA) is 74.6 Å². The number of hydrogen-bond acceptors (Lipinski definition) is 6. The molecule has 204 valence electrons. The molecule has 0 unspecified atom stereocenters. The molecule has 40 heavy (non-hydrogen) atoms. The minimum atomic E-state index is -0.475. The van der Waals surface area contributed by atoms with Crippen molar-refractivity contribution in [2.24, 2.45) is 0 Å². The van der Waals surface area contributed by atoms with E-state index in [4.69, 9.17) is 0 Å². The minimum Gasteiger partial charge on any atom is -0.507 e. The molecule has 1 aliphatic carbocycles. The standard InChI is InChI=1S/C34H32O4S2/c1-33(2,3)19-7-11-21(12-8-19)39-25-17-18-26(40-22-13-9-20(10-14-22)34(4,5)6)30-29(25)31(37)27-23(35)15-16-24(36)28(27)32(30)38/h7-18,35-36H,1-6H3. The van der Waals surface area contributed by atoms with E-state index in [0.717, 1.165) is 9.79 Å². The largest absolute Gasteiger partial charge is 0.507 e. The maximum atomic E-state index is 13.9. The number of phenols is 2. The number of phenolic OH excluding ortho intramolecular Hbond substituents is 2. The van der Waals surface area contributed by atoms with Crippen molar-refractivity contribution in [2.75, 3.05) is 0 Å². The first-order valence-electron chi connectivity index (χ1n) is 13.1. The van der Waals surface area contributed by atoms with E-state index in [1.54, 1.807) is 0 Å². The van der Waals surface area contributed by atoms with Gasteiger partial charge in [-0.05, 0) is 70.5 Å². The SMILES string of the molecule is CC(C)(C)c1ccc(Sc2ccc(Sc3ccc(C(C)(C)C)cc3)c3c2C(=O)c2c(O)ccc(O)c2C3=O)cc1. The number of benzene rings is 4. The van der Waals surface area contributed by atoms with Crippen LogP contribution in [0.25, 0.3) is 0 Å². The van der Waals surface area contributed by atoms with Crippen molar-refractivity contribution < 1.29 is 19.8 Å². The van der Waals surface area contributed by atoms with Gasteiger partial charge in [0.25, 0.3) is 0 Å². The van der Waals surface area contributed by atoms with Crippen molar-refractivity contribution in [1.29, 1.82) is 0 Å². The normalized spacial score (nSPS) is 13.2. The predicted octanol–water partition coefficient (Wildman–Crippen LogP) is 8.77. The van der Waals surface area contributed by atoms with Gasteiger partial charge in [-0.3, -0.25) is 9.59 Å². The Kier molecular flexibility index (Phi) is 7.13. The van der Waals surface area contributed by atoms with Crippen molar-refractivity contribution in [1.82, 2.24) is 0 Å². The second-order valence-corrected chi connectivity index (χ2v) is 14.3. The fourth-order valence-corrected chi connectivity index (χ4v) is 6.69. The maximum Gasteiger partial charge on any atom is 0.199 e. The third-order valence-electron chi connectivity index (χ3n) is 7.09. The highest BCUT2D eigenvalue weighted by Gasteiger charge is 2.38. The number of hydrogen-bond donors (Lipinski definition) is 2. The summed E-state index contributed by atoms with van der Waals surface area (Å²) >= 11 is 2.81. The molecule has 0 aliphatic heterocycles. The Morgan fingerprint density at radius 3 is 1.10 bits per heavy atom. The Morgan fingerprint density at radius 1 is 0.475 bits per heavy atom. The summed E-state index contributed by atoms with van der Waals surface area (Å²) in [5.74, 6) is -1.59. The van der Waals surface area contributed by atoms with Gasteiger partial charge in [0.05, 0.1) is 11.1 Å². The van der Waals surface area contributed by atoms with Gasteiger partial charge in [-0.15, -0.1) is 0 Å². The van der Waals surface area contributed by atoms with Gasteiger partial charge in [-0.2, -0.15) is 0 Å². The van der Waals surface area contributed by atoms with Crippen LogP contribution in [0.4, 0.5) is 0 Å². The first kappa shape index (κ1) is 28.1. The van der Waals surface area contributed by atoms with E-state index in [1.807, 2.05) is 36.4 Å². The van der Waals surface area contributed by atoms with E-state index < -0.39 is 11.6 Å². The van der Waals surface area contributed by atoms with Crippen LogP contribution in [0, 0.1) is 0 Å². The molecule has 0 spiro atoms. The lowest BCUT2D eigenvalue weighted by atomic mass is 9.83. The maximum absolute atomic E-state index is 13.9. The van der Waals surface area contributed by atoms with Gasteiger partial charge in [0.1, 0.15) is 11.5 Å². The minimum absolute atomic E-state index is 0.0118. The summed E-state index contributed by atoms with van der Waals surface area (Å²) in [6.45, 7) is 12.9. The summed E-state index contributed by atoms with van der Waals surface area (Å²) in [6.07, 6.45) is 0. The highest BCUT2D eigenvalue weighted by Crippen LogP contribution is 2.46. The molecule has 2 N–H and O–H groups in total.